The molecule has 2 aromatic heterocycles. The fraction of sp³-hybridized carbons (Fsp3) is 0.0588. The maximum atomic E-state index is 12.2. The van der Waals surface area contributed by atoms with E-state index in [2.05, 4.69) is 4.98 Å². The van der Waals surface area contributed by atoms with Crippen molar-refractivity contribution in [2.24, 2.45) is 0 Å². The van der Waals surface area contributed by atoms with Crippen LogP contribution >= 0.6 is 0 Å². The first kappa shape index (κ1) is 12.4. The van der Waals surface area contributed by atoms with Crippen molar-refractivity contribution in [3.63, 3.8) is 0 Å². The smallest absolute Gasteiger partial charge is 0.170 e. The molecule has 0 amide bonds. The van der Waals surface area contributed by atoms with E-state index in [-0.39, 0.29) is 12.2 Å². The Bertz CT molecular complexity index is 702. The van der Waals surface area contributed by atoms with Crippen molar-refractivity contribution in [2.45, 2.75) is 6.42 Å². The van der Waals surface area contributed by atoms with Crippen LogP contribution < -0.4 is 0 Å². The minimum Gasteiger partial charge on any atom is -0.468 e. The summed E-state index contributed by atoms with van der Waals surface area (Å²) in [6.45, 7) is 0. The SMILES string of the molecule is O=C(Cc1occc1-c1ccccc1)c1ccncc1. The van der Waals surface area contributed by atoms with Crippen LogP contribution in [0.1, 0.15) is 16.1 Å². The van der Waals surface area contributed by atoms with Gasteiger partial charge in [0.05, 0.1) is 12.7 Å². The van der Waals surface area contributed by atoms with Crippen LogP contribution in [-0.2, 0) is 6.42 Å². The van der Waals surface area contributed by atoms with E-state index in [1.54, 1.807) is 30.8 Å². The standard InChI is InChI=1S/C17H13NO2/c19-16(14-6-9-18-10-7-14)12-17-15(8-11-20-17)13-4-2-1-3-5-13/h1-11H,12H2. The molecular weight excluding hydrogens is 250 g/mol. The van der Waals surface area contributed by atoms with E-state index < -0.39 is 0 Å². The molecule has 0 aliphatic carbocycles. The van der Waals surface area contributed by atoms with E-state index in [1.807, 2.05) is 36.4 Å². The highest BCUT2D eigenvalue weighted by Gasteiger charge is 2.14. The quantitative estimate of drug-likeness (QED) is 0.673. The Kier molecular flexibility index (Phi) is 3.42. The molecule has 98 valence electrons. The maximum Gasteiger partial charge on any atom is 0.170 e. The van der Waals surface area contributed by atoms with Crippen molar-refractivity contribution in [3.05, 3.63) is 78.5 Å². The highest BCUT2D eigenvalue weighted by atomic mass is 16.3. The topological polar surface area (TPSA) is 43.1 Å². The lowest BCUT2D eigenvalue weighted by Gasteiger charge is -2.03. The van der Waals surface area contributed by atoms with Crippen LogP contribution in [-0.4, -0.2) is 10.8 Å². The summed E-state index contributed by atoms with van der Waals surface area (Å²) in [6, 6.07) is 15.2. The Morgan fingerprint density at radius 1 is 1.00 bits per heavy atom. The number of pyridine rings is 1. The van der Waals surface area contributed by atoms with Crippen LogP contribution in [0.3, 0.4) is 0 Å². The van der Waals surface area contributed by atoms with Crippen LogP contribution in [0.5, 0.6) is 0 Å². The molecule has 0 aliphatic heterocycles. The Balaban J connectivity index is 1.86. The lowest BCUT2D eigenvalue weighted by atomic mass is 10.0. The Hall–Kier alpha value is -2.68. The number of nitrogens with zero attached hydrogens (tertiary/aromatic N) is 1. The van der Waals surface area contributed by atoms with Crippen molar-refractivity contribution in [3.8, 4) is 11.1 Å². The first-order valence-corrected chi connectivity index (χ1v) is 6.39. The third-order valence-corrected chi connectivity index (χ3v) is 3.15. The molecule has 3 nitrogen and oxygen atoms in total. The first-order valence-electron chi connectivity index (χ1n) is 6.39. The molecule has 3 rings (SSSR count). The summed E-state index contributed by atoms with van der Waals surface area (Å²) >= 11 is 0. The zero-order valence-corrected chi connectivity index (χ0v) is 10.8. The van der Waals surface area contributed by atoms with E-state index in [0.717, 1.165) is 11.1 Å². The van der Waals surface area contributed by atoms with Gasteiger partial charge in [-0.15, -0.1) is 0 Å². The Morgan fingerprint density at radius 2 is 1.75 bits per heavy atom. The molecule has 0 fully saturated rings. The second-order valence-electron chi connectivity index (χ2n) is 4.46. The van der Waals surface area contributed by atoms with Crippen molar-refractivity contribution in [1.29, 1.82) is 0 Å². The molecule has 2 heterocycles. The van der Waals surface area contributed by atoms with Gasteiger partial charge in [-0.05, 0) is 23.8 Å². The molecule has 0 bridgehead atoms. The van der Waals surface area contributed by atoms with E-state index in [0.29, 0.717) is 11.3 Å². The predicted molar refractivity (Wildman–Crippen MR) is 76.4 cm³/mol. The molecule has 0 unspecified atom stereocenters. The highest BCUT2D eigenvalue weighted by Crippen LogP contribution is 2.25. The van der Waals surface area contributed by atoms with Crippen LogP contribution in [0, 0.1) is 0 Å². The van der Waals surface area contributed by atoms with Gasteiger partial charge in [0.1, 0.15) is 5.76 Å². The number of hydrogen-bond acceptors (Lipinski definition) is 3. The number of hydrogen-bond donors (Lipinski definition) is 0. The van der Waals surface area contributed by atoms with Gasteiger partial charge in [0.2, 0.25) is 0 Å². The van der Waals surface area contributed by atoms with Gasteiger partial charge >= 0.3 is 0 Å². The number of furan rings is 1. The molecule has 1 aromatic carbocycles. The number of Topliss-reactive ketones (excluding diaryl/α,β-unsaturated/α-hetero) is 1. The summed E-state index contributed by atoms with van der Waals surface area (Å²) in [7, 11) is 0. The molecule has 0 radical (unpaired) electrons. The summed E-state index contributed by atoms with van der Waals surface area (Å²) < 4.78 is 5.47. The summed E-state index contributed by atoms with van der Waals surface area (Å²) in [4.78, 5) is 16.1. The van der Waals surface area contributed by atoms with Gasteiger partial charge in [-0.2, -0.15) is 0 Å². The van der Waals surface area contributed by atoms with Gasteiger partial charge in [-0.1, -0.05) is 30.3 Å². The molecule has 0 N–H and O–H groups in total. The number of aromatic nitrogens is 1. The maximum absolute atomic E-state index is 12.2. The molecule has 3 aromatic rings. The number of carbonyl (C=O) groups excluding carboxylic acids is 1. The number of ketones is 1. The Morgan fingerprint density at radius 3 is 2.50 bits per heavy atom. The number of benzene rings is 1. The second kappa shape index (κ2) is 5.53. The van der Waals surface area contributed by atoms with Gasteiger partial charge in [-0.25, -0.2) is 0 Å². The van der Waals surface area contributed by atoms with Gasteiger partial charge in [-0.3, -0.25) is 9.78 Å². The first-order chi connectivity index (χ1) is 9.84. The van der Waals surface area contributed by atoms with Crippen molar-refractivity contribution >= 4 is 5.78 Å². The van der Waals surface area contributed by atoms with Crippen LogP contribution in [0.2, 0.25) is 0 Å². The lowest BCUT2D eigenvalue weighted by molar-refractivity contribution is 0.0987. The fourth-order valence-electron chi connectivity index (χ4n) is 2.14. The van der Waals surface area contributed by atoms with Gasteiger partial charge in [0, 0.05) is 23.5 Å². The molecule has 0 saturated carbocycles. The average Bonchev–Trinajstić information content (AvgIpc) is 2.97. The zero-order chi connectivity index (χ0) is 13.8. The monoisotopic (exact) mass is 263 g/mol. The third-order valence-electron chi connectivity index (χ3n) is 3.15. The zero-order valence-electron chi connectivity index (χ0n) is 10.8. The summed E-state index contributed by atoms with van der Waals surface area (Å²) in [5.41, 5.74) is 2.67. The molecule has 0 aliphatic rings. The Labute approximate surface area is 116 Å². The van der Waals surface area contributed by atoms with E-state index in [4.69, 9.17) is 4.42 Å². The number of rotatable bonds is 4. The molecule has 0 atom stereocenters. The number of carbonyl (C=O) groups is 1. The largest absolute Gasteiger partial charge is 0.468 e. The van der Waals surface area contributed by atoms with Crippen molar-refractivity contribution < 1.29 is 9.21 Å². The molecule has 0 saturated heterocycles. The third kappa shape index (κ3) is 2.52. The summed E-state index contributed by atoms with van der Waals surface area (Å²) in [5, 5.41) is 0. The van der Waals surface area contributed by atoms with Gasteiger partial charge < -0.3 is 4.42 Å². The van der Waals surface area contributed by atoms with Crippen LogP contribution in [0.4, 0.5) is 0 Å². The average molecular weight is 263 g/mol. The van der Waals surface area contributed by atoms with Crippen LogP contribution in [0.15, 0.2) is 71.6 Å². The second-order valence-corrected chi connectivity index (χ2v) is 4.46. The van der Waals surface area contributed by atoms with Gasteiger partial charge in [0.25, 0.3) is 0 Å². The van der Waals surface area contributed by atoms with E-state index in [9.17, 15) is 4.79 Å². The highest BCUT2D eigenvalue weighted by molar-refractivity contribution is 5.97. The van der Waals surface area contributed by atoms with Crippen LogP contribution in [0.25, 0.3) is 11.1 Å². The summed E-state index contributed by atoms with van der Waals surface area (Å²) in [6.07, 6.45) is 5.11. The molecule has 0 spiro atoms. The predicted octanol–water partition coefficient (Wildman–Crippen LogP) is 3.77. The van der Waals surface area contributed by atoms with Crippen molar-refractivity contribution in [2.75, 3.05) is 0 Å². The fourth-order valence-corrected chi connectivity index (χ4v) is 2.14. The molecule has 20 heavy (non-hydrogen) atoms. The van der Waals surface area contributed by atoms with E-state index >= 15 is 0 Å². The van der Waals surface area contributed by atoms with Crippen molar-refractivity contribution in [1.82, 2.24) is 4.98 Å². The molecular formula is C17H13NO2. The normalized spacial score (nSPS) is 10.4. The van der Waals surface area contributed by atoms with E-state index in [1.165, 1.54) is 0 Å². The van der Waals surface area contributed by atoms with Gasteiger partial charge in [0.15, 0.2) is 5.78 Å². The lowest BCUT2D eigenvalue weighted by Crippen LogP contribution is -2.03. The summed E-state index contributed by atoms with van der Waals surface area (Å²) in [5.74, 6) is 0.720. The molecule has 3 heteroatoms. The minimum absolute atomic E-state index is 0.0273. The minimum atomic E-state index is 0.0273.